The number of esters is 1. The molecule has 2 aliphatic carbocycles. The van der Waals surface area contributed by atoms with E-state index in [1.165, 1.54) is 25.0 Å². The van der Waals surface area contributed by atoms with Crippen molar-refractivity contribution in [1.29, 1.82) is 0 Å². The molecule has 7 rings (SSSR count). The number of likely N-dealkylation sites (tertiary alicyclic amines) is 1. The van der Waals surface area contributed by atoms with Crippen molar-refractivity contribution in [1.82, 2.24) is 9.47 Å². The summed E-state index contributed by atoms with van der Waals surface area (Å²) in [6.07, 6.45) is 7.00. The van der Waals surface area contributed by atoms with E-state index in [0.717, 1.165) is 52.0 Å². The number of carbonyl (C=O) groups excluding carboxylic acids is 1. The Hall–Kier alpha value is -1.66. The Morgan fingerprint density at radius 3 is 2.84 bits per heavy atom. The number of fused-ring (bicyclic) bond motifs is 7. The lowest BCUT2D eigenvalue weighted by molar-refractivity contribution is -0.147. The highest BCUT2D eigenvalue weighted by molar-refractivity contribution is 5.75. The molecule has 3 saturated heterocycles. The number of hydrogen-bond donors (Lipinski definition) is 0. The van der Waals surface area contributed by atoms with Crippen LogP contribution in [0, 0.1) is 29.1 Å². The lowest BCUT2D eigenvalue weighted by atomic mass is 9.53. The molecular weight excluding hydrogens is 404 g/mol. The summed E-state index contributed by atoms with van der Waals surface area (Å²) in [6, 6.07) is 5.69. The van der Waals surface area contributed by atoms with Crippen molar-refractivity contribution >= 4 is 5.97 Å². The Balaban J connectivity index is 1.11. The van der Waals surface area contributed by atoms with Crippen LogP contribution in [0.1, 0.15) is 57.1 Å². The molecule has 0 radical (unpaired) electrons. The van der Waals surface area contributed by atoms with Crippen LogP contribution in [0.25, 0.3) is 0 Å². The van der Waals surface area contributed by atoms with Gasteiger partial charge in [-0.3, -0.25) is 9.59 Å². The maximum Gasteiger partial charge on any atom is 0.310 e. The highest BCUT2D eigenvalue weighted by Crippen LogP contribution is 2.62. The molecule has 6 aliphatic rings. The third kappa shape index (κ3) is 2.84. The zero-order valence-electron chi connectivity index (χ0n) is 19.0. The van der Waals surface area contributed by atoms with Gasteiger partial charge in [0.2, 0.25) is 0 Å². The van der Waals surface area contributed by atoms with Gasteiger partial charge in [-0.15, -0.1) is 0 Å². The minimum Gasteiger partial charge on any atom is -0.462 e. The first-order chi connectivity index (χ1) is 15.4. The van der Waals surface area contributed by atoms with Gasteiger partial charge < -0.3 is 18.9 Å². The summed E-state index contributed by atoms with van der Waals surface area (Å²) in [7, 11) is 0. The third-order valence-electron chi connectivity index (χ3n) is 10.1. The Morgan fingerprint density at radius 2 is 2.00 bits per heavy atom. The Kier molecular flexibility index (Phi) is 4.14. The quantitative estimate of drug-likeness (QED) is 0.525. The van der Waals surface area contributed by atoms with Gasteiger partial charge in [0.05, 0.1) is 18.1 Å². The number of aromatic nitrogens is 1. The molecule has 6 heteroatoms. The molecule has 5 fully saturated rings. The number of hydrogen-bond acceptors (Lipinski definition) is 5. The molecule has 0 amide bonds. The Morgan fingerprint density at radius 1 is 1.12 bits per heavy atom. The molecule has 0 aromatic carbocycles. The van der Waals surface area contributed by atoms with E-state index in [2.05, 4.69) is 17.9 Å². The molecule has 1 spiro atoms. The van der Waals surface area contributed by atoms with Crippen LogP contribution in [0.3, 0.4) is 0 Å². The van der Waals surface area contributed by atoms with Gasteiger partial charge in [-0.05, 0) is 61.8 Å². The first kappa shape index (κ1) is 19.8. The van der Waals surface area contributed by atoms with Crippen LogP contribution in [-0.2, 0) is 20.8 Å². The van der Waals surface area contributed by atoms with E-state index >= 15 is 0 Å². The van der Waals surface area contributed by atoms with Crippen molar-refractivity contribution in [3.63, 3.8) is 0 Å². The van der Waals surface area contributed by atoms with Crippen LogP contribution in [0.15, 0.2) is 23.0 Å². The van der Waals surface area contributed by atoms with E-state index < -0.39 is 0 Å². The minimum absolute atomic E-state index is 0.0148. The van der Waals surface area contributed by atoms with Gasteiger partial charge in [-0.2, -0.15) is 0 Å². The summed E-state index contributed by atoms with van der Waals surface area (Å²) >= 11 is 0. The average Bonchev–Trinajstić information content (AvgIpc) is 3.46. The molecule has 2 saturated carbocycles. The van der Waals surface area contributed by atoms with Gasteiger partial charge in [-0.1, -0.05) is 13.0 Å². The largest absolute Gasteiger partial charge is 0.462 e. The zero-order valence-corrected chi connectivity index (χ0v) is 19.0. The second-order valence-corrected chi connectivity index (χ2v) is 12.0. The molecule has 32 heavy (non-hydrogen) atoms. The number of carbonyl (C=O) groups is 1. The first-order valence-electron chi connectivity index (χ1n) is 12.7. The molecular formula is C26H34N2O4. The number of epoxide rings is 1. The maximum absolute atomic E-state index is 13.1. The molecule has 0 N–H and O–H groups in total. The van der Waals surface area contributed by atoms with Gasteiger partial charge >= 0.3 is 5.97 Å². The molecule has 1 aromatic heterocycles. The number of piperidine rings is 1. The summed E-state index contributed by atoms with van der Waals surface area (Å²) in [6.45, 7) is 6.87. The Bertz CT molecular complexity index is 1020. The van der Waals surface area contributed by atoms with Crippen molar-refractivity contribution in [3.8, 4) is 0 Å². The summed E-state index contributed by atoms with van der Waals surface area (Å²) < 4.78 is 14.1. The van der Waals surface area contributed by atoms with Crippen LogP contribution < -0.4 is 5.56 Å². The lowest BCUT2D eigenvalue weighted by Crippen LogP contribution is -2.52. The van der Waals surface area contributed by atoms with Crippen molar-refractivity contribution in [3.05, 3.63) is 34.2 Å². The minimum atomic E-state index is -0.0148. The predicted molar refractivity (Wildman–Crippen MR) is 118 cm³/mol. The molecule has 8 atom stereocenters. The summed E-state index contributed by atoms with van der Waals surface area (Å²) in [5.41, 5.74) is 1.66. The topological polar surface area (TPSA) is 64.1 Å². The molecule has 2 bridgehead atoms. The van der Waals surface area contributed by atoms with Crippen LogP contribution in [0.2, 0.25) is 0 Å². The third-order valence-corrected chi connectivity index (χ3v) is 10.1. The molecule has 0 unspecified atom stereocenters. The second-order valence-electron chi connectivity index (χ2n) is 12.0. The van der Waals surface area contributed by atoms with E-state index in [1.54, 1.807) is 6.07 Å². The van der Waals surface area contributed by atoms with Crippen LogP contribution in [-0.4, -0.2) is 53.4 Å². The number of pyridine rings is 1. The van der Waals surface area contributed by atoms with Gasteiger partial charge in [0.25, 0.3) is 5.56 Å². The maximum atomic E-state index is 13.1. The molecule has 1 aromatic rings. The SMILES string of the molecule is C[C@]12CCC[C@@]3(CO3)[C@@H]1C[C@@H]1[C@@H](C2)OC(=O)[C@@H]1CN1C[C@@H]2C[C@@H](C1)c1cccc(=O)n1C2. The van der Waals surface area contributed by atoms with Crippen molar-refractivity contribution in [2.75, 3.05) is 26.2 Å². The number of nitrogens with zero attached hydrogens (tertiary/aromatic N) is 2. The molecule has 172 valence electrons. The summed E-state index contributed by atoms with van der Waals surface area (Å²) in [5, 5.41) is 0. The molecule has 5 heterocycles. The van der Waals surface area contributed by atoms with Gasteiger partial charge in [0, 0.05) is 49.8 Å². The van der Waals surface area contributed by atoms with Crippen molar-refractivity contribution < 1.29 is 14.3 Å². The van der Waals surface area contributed by atoms with E-state index in [9.17, 15) is 9.59 Å². The summed E-state index contributed by atoms with van der Waals surface area (Å²) in [5.74, 6) is 1.80. The fourth-order valence-corrected chi connectivity index (χ4v) is 8.59. The van der Waals surface area contributed by atoms with Crippen molar-refractivity contribution in [2.45, 2.75) is 69.6 Å². The zero-order chi connectivity index (χ0) is 21.7. The monoisotopic (exact) mass is 438 g/mol. The standard InChI is InChI=1S/C26H34N2O4/c1-25-6-3-7-26(15-31-26)22(25)9-18-19(24(30)32-21(18)10-25)14-27-11-16-8-17(13-27)20-4-2-5-23(29)28(20)12-16/h2,4-5,16-19,21-22H,3,6-15H2,1H3/t16-,17-,18-,19+,21+,22+,25+,26+/m0/s1. The highest BCUT2D eigenvalue weighted by Gasteiger charge is 2.65. The second kappa shape index (κ2) is 6.69. The fourth-order valence-electron chi connectivity index (χ4n) is 8.59. The molecule has 4 aliphatic heterocycles. The van der Waals surface area contributed by atoms with Crippen LogP contribution >= 0.6 is 0 Å². The van der Waals surface area contributed by atoms with E-state index in [0.29, 0.717) is 23.7 Å². The normalized spacial score (nSPS) is 46.8. The van der Waals surface area contributed by atoms with Crippen molar-refractivity contribution in [2.24, 2.45) is 29.1 Å². The lowest BCUT2D eigenvalue weighted by Gasteiger charge is -2.52. The fraction of sp³-hybridized carbons (Fsp3) is 0.769. The van der Waals surface area contributed by atoms with Crippen LogP contribution in [0.4, 0.5) is 0 Å². The summed E-state index contributed by atoms with van der Waals surface area (Å²) in [4.78, 5) is 27.9. The Labute approximate surface area is 189 Å². The highest BCUT2D eigenvalue weighted by atomic mass is 16.6. The number of rotatable bonds is 2. The van der Waals surface area contributed by atoms with Crippen LogP contribution in [0.5, 0.6) is 0 Å². The van der Waals surface area contributed by atoms with E-state index in [-0.39, 0.29) is 34.6 Å². The van der Waals surface area contributed by atoms with Gasteiger partial charge in [-0.25, -0.2) is 0 Å². The van der Waals surface area contributed by atoms with E-state index in [4.69, 9.17) is 9.47 Å². The number of ether oxygens (including phenoxy) is 2. The molecule has 6 nitrogen and oxygen atoms in total. The average molecular weight is 439 g/mol. The smallest absolute Gasteiger partial charge is 0.310 e. The predicted octanol–water partition coefficient (Wildman–Crippen LogP) is 2.79. The van der Waals surface area contributed by atoms with Gasteiger partial charge in [0.15, 0.2) is 0 Å². The van der Waals surface area contributed by atoms with Gasteiger partial charge in [0.1, 0.15) is 6.10 Å². The first-order valence-corrected chi connectivity index (χ1v) is 12.7. The van der Waals surface area contributed by atoms with E-state index in [1.807, 2.05) is 10.6 Å².